The van der Waals surface area contributed by atoms with Crippen molar-refractivity contribution < 1.29 is 14.6 Å². The number of benzene rings is 2. The van der Waals surface area contributed by atoms with Crippen molar-refractivity contribution in [3.05, 3.63) is 71.8 Å². The summed E-state index contributed by atoms with van der Waals surface area (Å²) in [5, 5.41) is 12.5. The molecule has 0 aromatic heterocycles. The fourth-order valence-corrected chi connectivity index (χ4v) is 4.55. The number of carboxylic acids is 1. The lowest BCUT2D eigenvalue weighted by Gasteiger charge is -2.45. The van der Waals surface area contributed by atoms with Crippen LogP contribution in [0, 0.1) is 5.92 Å². The van der Waals surface area contributed by atoms with E-state index in [9.17, 15) is 4.79 Å². The maximum atomic E-state index is 11.0. The lowest BCUT2D eigenvalue weighted by atomic mass is 9.60. The van der Waals surface area contributed by atoms with E-state index in [-0.39, 0.29) is 18.1 Å². The first-order valence-electron chi connectivity index (χ1n) is 9.78. The minimum Gasteiger partial charge on any atom is -0.480 e. The number of carboxylic acid groups (broad SMARTS) is 1. The van der Waals surface area contributed by atoms with Crippen LogP contribution in [-0.4, -0.2) is 36.9 Å². The van der Waals surface area contributed by atoms with E-state index in [0.717, 1.165) is 32.4 Å². The van der Waals surface area contributed by atoms with Gasteiger partial charge in [-0.2, -0.15) is 0 Å². The van der Waals surface area contributed by atoms with E-state index in [1.807, 2.05) is 19.1 Å². The van der Waals surface area contributed by atoms with Gasteiger partial charge in [-0.05, 0) is 56.3 Å². The average molecular weight is 367 g/mol. The van der Waals surface area contributed by atoms with Crippen molar-refractivity contribution in [2.24, 2.45) is 5.92 Å². The highest BCUT2D eigenvalue weighted by atomic mass is 16.5. The maximum Gasteiger partial charge on any atom is 0.329 e. The molecule has 0 bridgehead atoms. The number of piperidine rings is 1. The minimum absolute atomic E-state index is 0.156. The molecule has 3 rings (SSSR count). The van der Waals surface area contributed by atoms with Crippen molar-refractivity contribution in [1.29, 1.82) is 0 Å². The number of hydrogen-bond donors (Lipinski definition) is 2. The molecule has 0 radical (unpaired) electrons. The molecule has 4 heteroatoms. The third kappa shape index (κ3) is 4.57. The summed E-state index contributed by atoms with van der Waals surface area (Å²) >= 11 is 0. The van der Waals surface area contributed by atoms with Crippen molar-refractivity contribution in [1.82, 2.24) is 5.32 Å². The topological polar surface area (TPSA) is 58.6 Å². The molecular weight excluding hydrogens is 338 g/mol. The maximum absolute atomic E-state index is 11.0. The Labute approximate surface area is 161 Å². The molecule has 1 aliphatic heterocycles. The Morgan fingerprint density at radius 2 is 1.59 bits per heavy atom. The molecule has 0 saturated carbocycles. The molecule has 1 heterocycles. The monoisotopic (exact) mass is 367 g/mol. The Balaban J connectivity index is 2.05. The normalized spacial score (nSPS) is 16.8. The fraction of sp³-hybridized carbons (Fsp3) is 0.435. The molecule has 1 unspecified atom stereocenters. The van der Waals surface area contributed by atoms with E-state index in [2.05, 4.69) is 53.8 Å². The zero-order valence-electron chi connectivity index (χ0n) is 15.9. The summed E-state index contributed by atoms with van der Waals surface area (Å²) in [5.74, 6) is -0.451. The van der Waals surface area contributed by atoms with E-state index in [1.165, 1.54) is 11.1 Å². The highest BCUT2D eigenvalue weighted by Crippen LogP contribution is 2.47. The standard InChI is InChI=1S/C23H29NO3/c1-18(27-17-22(25)26)16-23(19-8-4-2-5-9-19,20-10-6-3-7-11-20)21-12-14-24-15-13-21/h2-11,18,21,24H,12-17H2,1H3,(H,25,26). The number of hydrogen-bond acceptors (Lipinski definition) is 3. The van der Waals surface area contributed by atoms with Crippen LogP contribution in [0.15, 0.2) is 60.7 Å². The molecule has 0 aliphatic carbocycles. The molecule has 1 atom stereocenters. The fourth-order valence-electron chi connectivity index (χ4n) is 4.55. The van der Waals surface area contributed by atoms with Crippen LogP contribution in [0.2, 0.25) is 0 Å². The molecule has 1 aliphatic rings. The second-order valence-electron chi connectivity index (χ2n) is 7.45. The van der Waals surface area contributed by atoms with E-state index >= 15 is 0 Å². The first kappa shape index (κ1) is 19.6. The summed E-state index contributed by atoms with van der Waals surface area (Å²) in [7, 11) is 0. The third-order valence-electron chi connectivity index (χ3n) is 5.71. The van der Waals surface area contributed by atoms with Crippen LogP contribution in [0.1, 0.15) is 37.3 Å². The molecule has 0 amide bonds. The number of ether oxygens (including phenoxy) is 1. The van der Waals surface area contributed by atoms with Crippen LogP contribution in [0.3, 0.4) is 0 Å². The summed E-state index contributed by atoms with van der Waals surface area (Å²) in [4.78, 5) is 11.0. The van der Waals surface area contributed by atoms with Crippen LogP contribution in [0.4, 0.5) is 0 Å². The van der Waals surface area contributed by atoms with E-state index in [0.29, 0.717) is 5.92 Å². The van der Waals surface area contributed by atoms with E-state index in [1.54, 1.807) is 0 Å². The van der Waals surface area contributed by atoms with Crippen molar-refractivity contribution in [2.45, 2.75) is 37.7 Å². The van der Waals surface area contributed by atoms with Gasteiger partial charge in [-0.25, -0.2) is 4.79 Å². The predicted octanol–water partition coefficient (Wildman–Crippen LogP) is 3.85. The first-order valence-corrected chi connectivity index (χ1v) is 9.78. The van der Waals surface area contributed by atoms with Gasteiger partial charge < -0.3 is 15.2 Å². The van der Waals surface area contributed by atoms with Crippen LogP contribution < -0.4 is 5.32 Å². The molecule has 2 aromatic carbocycles. The van der Waals surface area contributed by atoms with Gasteiger partial charge in [-0.1, -0.05) is 60.7 Å². The van der Waals surface area contributed by atoms with Crippen molar-refractivity contribution in [3.63, 3.8) is 0 Å². The molecule has 4 nitrogen and oxygen atoms in total. The quantitative estimate of drug-likeness (QED) is 0.744. The van der Waals surface area contributed by atoms with Gasteiger partial charge in [-0.15, -0.1) is 0 Å². The van der Waals surface area contributed by atoms with Crippen LogP contribution in [-0.2, 0) is 14.9 Å². The molecule has 1 fully saturated rings. The number of rotatable bonds is 8. The van der Waals surface area contributed by atoms with E-state index < -0.39 is 5.97 Å². The molecule has 0 spiro atoms. The SMILES string of the molecule is CC(CC(c1ccccc1)(c1ccccc1)C1CCNCC1)OCC(=O)O. The summed E-state index contributed by atoms with van der Waals surface area (Å²) in [6.07, 6.45) is 2.79. The Morgan fingerprint density at radius 1 is 1.07 bits per heavy atom. The summed E-state index contributed by atoms with van der Waals surface area (Å²) in [6.45, 7) is 3.75. The number of aliphatic carboxylic acids is 1. The van der Waals surface area contributed by atoms with Crippen molar-refractivity contribution in [2.75, 3.05) is 19.7 Å². The summed E-state index contributed by atoms with van der Waals surface area (Å²) in [5.41, 5.74) is 2.38. The predicted molar refractivity (Wildman–Crippen MR) is 107 cm³/mol. The smallest absolute Gasteiger partial charge is 0.329 e. The second kappa shape index (κ2) is 9.16. The van der Waals surface area contributed by atoms with E-state index in [4.69, 9.17) is 9.84 Å². The molecular formula is C23H29NO3. The average Bonchev–Trinajstić information content (AvgIpc) is 2.72. The Hall–Kier alpha value is -2.17. The van der Waals surface area contributed by atoms with Gasteiger partial charge in [-0.3, -0.25) is 0 Å². The van der Waals surface area contributed by atoms with Gasteiger partial charge in [0.1, 0.15) is 6.61 Å². The zero-order valence-corrected chi connectivity index (χ0v) is 15.9. The van der Waals surface area contributed by atoms with Gasteiger partial charge in [0, 0.05) is 5.41 Å². The highest BCUT2D eigenvalue weighted by Gasteiger charge is 2.43. The highest BCUT2D eigenvalue weighted by molar-refractivity contribution is 5.68. The van der Waals surface area contributed by atoms with Crippen LogP contribution in [0.25, 0.3) is 0 Å². The molecule has 27 heavy (non-hydrogen) atoms. The third-order valence-corrected chi connectivity index (χ3v) is 5.71. The van der Waals surface area contributed by atoms with Crippen LogP contribution >= 0.6 is 0 Å². The molecule has 1 saturated heterocycles. The van der Waals surface area contributed by atoms with Gasteiger partial charge in [0.2, 0.25) is 0 Å². The summed E-state index contributed by atoms with van der Waals surface area (Å²) in [6, 6.07) is 21.3. The Bertz CT molecular complexity index is 671. The summed E-state index contributed by atoms with van der Waals surface area (Å²) < 4.78 is 5.68. The number of nitrogens with one attached hydrogen (secondary N) is 1. The lowest BCUT2D eigenvalue weighted by Crippen LogP contribution is -2.45. The van der Waals surface area contributed by atoms with Crippen molar-refractivity contribution in [3.8, 4) is 0 Å². The molecule has 2 N–H and O–H groups in total. The lowest BCUT2D eigenvalue weighted by molar-refractivity contribution is -0.144. The molecule has 2 aromatic rings. The van der Waals surface area contributed by atoms with Crippen LogP contribution in [0.5, 0.6) is 0 Å². The van der Waals surface area contributed by atoms with Gasteiger partial charge in [0.05, 0.1) is 6.10 Å². The minimum atomic E-state index is -0.922. The second-order valence-corrected chi connectivity index (χ2v) is 7.45. The number of carbonyl (C=O) groups is 1. The van der Waals surface area contributed by atoms with Gasteiger partial charge >= 0.3 is 5.97 Å². The largest absolute Gasteiger partial charge is 0.480 e. The van der Waals surface area contributed by atoms with Gasteiger partial charge in [0.15, 0.2) is 0 Å². The first-order chi connectivity index (χ1) is 13.1. The molecule has 144 valence electrons. The Morgan fingerprint density at radius 3 is 2.07 bits per heavy atom. The zero-order chi connectivity index (χ0) is 19.1. The van der Waals surface area contributed by atoms with Crippen molar-refractivity contribution >= 4 is 5.97 Å². The Kier molecular flexibility index (Phi) is 6.64. The van der Waals surface area contributed by atoms with Gasteiger partial charge in [0.25, 0.3) is 0 Å².